The Bertz CT molecular complexity index is 92.1. The molecule has 0 saturated carbocycles. The summed E-state index contributed by atoms with van der Waals surface area (Å²) in [5.74, 6) is 0. The van der Waals surface area contributed by atoms with Crippen LogP contribution < -0.4 is 5.73 Å². The minimum atomic E-state index is -0.213. The van der Waals surface area contributed by atoms with E-state index in [4.69, 9.17) is 15.2 Å². The number of hydrogen-bond donors (Lipinski definition) is 1. The monoisotopic (exact) mass is 161 g/mol. The van der Waals surface area contributed by atoms with Crippen molar-refractivity contribution in [3.05, 3.63) is 0 Å². The number of ether oxygens (including phenoxy) is 2. The van der Waals surface area contributed by atoms with Crippen LogP contribution in [0.3, 0.4) is 0 Å². The van der Waals surface area contributed by atoms with Crippen molar-refractivity contribution in [2.24, 2.45) is 5.73 Å². The molecule has 3 heteroatoms. The van der Waals surface area contributed by atoms with Gasteiger partial charge in [0.25, 0.3) is 0 Å². The zero-order valence-electron chi connectivity index (χ0n) is 7.72. The summed E-state index contributed by atoms with van der Waals surface area (Å²) in [6.07, 6.45) is 0.913. The molecular weight excluding hydrogens is 142 g/mol. The first-order valence-corrected chi connectivity index (χ1v) is 4.10. The smallest absolute Gasteiger partial charge is 0.147 e. The molecule has 3 nitrogen and oxygen atoms in total. The second kappa shape index (κ2) is 5.52. The molecule has 0 amide bonds. The minimum absolute atomic E-state index is 0.213. The molecule has 0 aliphatic rings. The molecule has 0 aromatic rings. The molecule has 0 aliphatic carbocycles. The minimum Gasteiger partial charge on any atom is -0.356 e. The molecule has 0 aromatic carbocycles. The van der Waals surface area contributed by atoms with E-state index in [1.54, 1.807) is 0 Å². The third kappa shape index (κ3) is 4.35. The first kappa shape index (κ1) is 10.9. The largest absolute Gasteiger partial charge is 0.356 e. The Hall–Kier alpha value is -0.120. The third-order valence-corrected chi connectivity index (χ3v) is 1.87. The van der Waals surface area contributed by atoms with E-state index in [-0.39, 0.29) is 5.60 Å². The van der Waals surface area contributed by atoms with Gasteiger partial charge < -0.3 is 15.2 Å². The number of hydrogen-bond acceptors (Lipinski definition) is 3. The van der Waals surface area contributed by atoms with Gasteiger partial charge in [-0.05, 0) is 20.3 Å². The summed E-state index contributed by atoms with van der Waals surface area (Å²) in [6.45, 7) is 7.55. The van der Waals surface area contributed by atoms with E-state index in [0.29, 0.717) is 19.9 Å². The number of nitrogens with two attached hydrogens (primary N) is 1. The zero-order valence-corrected chi connectivity index (χ0v) is 7.72. The van der Waals surface area contributed by atoms with E-state index in [1.807, 2.05) is 13.8 Å². The van der Waals surface area contributed by atoms with Gasteiger partial charge in [0.05, 0.1) is 5.60 Å². The third-order valence-electron chi connectivity index (χ3n) is 1.87. The topological polar surface area (TPSA) is 44.5 Å². The van der Waals surface area contributed by atoms with Crippen LogP contribution in [0.2, 0.25) is 0 Å². The van der Waals surface area contributed by atoms with Crippen molar-refractivity contribution in [2.45, 2.75) is 32.8 Å². The Morgan fingerprint density at radius 2 is 2.00 bits per heavy atom. The lowest BCUT2D eigenvalue weighted by molar-refractivity contribution is -0.129. The molecule has 11 heavy (non-hydrogen) atoms. The second-order valence-corrected chi connectivity index (χ2v) is 2.76. The Morgan fingerprint density at radius 1 is 1.36 bits per heavy atom. The SMILES string of the molecule is CCOCOC(C)(CC)CN. The van der Waals surface area contributed by atoms with Crippen LogP contribution in [-0.2, 0) is 9.47 Å². The van der Waals surface area contributed by atoms with Crippen molar-refractivity contribution in [1.29, 1.82) is 0 Å². The van der Waals surface area contributed by atoms with Crippen LogP contribution in [0.15, 0.2) is 0 Å². The Balaban J connectivity index is 3.51. The molecule has 0 fully saturated rings. The van der Waals surface area contributed by atoms with Gasteiger partial charge in [0.15, 0.2) is 0 Å². The van der Waals surface area contributed by atoms with E-state index < -0.39 is 0 Å². The van der Waals surface area contributed by atoms with Gasteiger partial charge in [0, 0.05) is 13.2 Å². The highest BCUT2D eigenvalue weighted by Crippen LogP contribution is 2.12. The molecule has 0 bridgehead atoms. The van der Waals surface area contributed by atoms with Crippen molar-refractivity contribution in [3.8, 4) is 0 Å². The van der Waals surface area contributed by atoms with Crippen molar-refractivity contribution < 1.29 is 9.47 Å². The predicted octanol–water partition coefficient (Wildman–Crippen LogP) is 1.12. The normalized spacial score (nSPS) is 16.4. The summed E-state index contributed by atoms with van der Waals surface area (Å²) in [4.78, 5) is 0. The van der Waals surface area contributed by atoms with E-state index in [1.165, 1.54) is 0 Å². The van der Waals surface area contributed by atoms with Gasteiger partial charge in [-0.3, -0.25) is 0 Å². The molecule has 0 aromatic heterocycles. The zero-order chi connectivity index (χ0) is 8.74. The lowest BCUT2D eigenvalue weighted by Crippen LogP contribution is -2.37. The van der Waals surface area contributed by atoms with Crippen molar-refractivity contribution in [2.75, 3.05) is 19.9 Å². The average molecular weight is 161 g/mol. The van der Waals surface area contributed by atoms with Crippen molar-refractivity contribution in [3.63, 3.8) is 0 Å². The van der Waals surface area contributed by atoms with E-state index in [0.717, 1.165) is 6.42 Å². The van der Waals surface area contributed by atoms with Crippen LogP contribution in [0.1, 0.15) is 27.2 Å². The summed E-state index contributed by atoms with van der Waals surface area (Å²) < 4.78 is 10.5. The summed E-state index contributed by atoms with van der Waals surface area (Å²) in [5.41, 5.74) is 5.31. The lowest BCUT2D eigenvalue weighted by Gasteiger charge is -2.26. The van der Waals surface area contributed by atoms with Gasteiger partial charge in [-0.15, -0.1) is 0 Å². The van der Waals surface area contributed by atoms with E-state index >= 15 is 0 Å². The molecule has 0 saturated heterocycles. The Labute approximate surface area is 68.9 Å². The molecule has 0 spiro atoms. The molecule has 68 valence electrons. The van der Waals surface area contributed by atoms with E-state index in [2.05, 4.69) is 6.92 Å². The first-order chi connectivity index (χ1) is 5.18. The molecule has 2 N–H and O–H groups in total. The Kier molecular flexibility index (Phi) is 5.46. The fraction of sp³-hybridized carbons (Fsp3) is 1.00. The molecule has 0 heterocycles. The van der Waals surface area contributed by atoms with Crippen LogP contribution in [0.5, 0.6) is 0 Å². The molecular formula is C8H19NO2. The quantitative estimate of drug-likeness (QED) is 0.469. The van der Waals surface area contributed by atoms with Gasteiger partial charge in [-0.2, -0.15) is 0 Å². The highest BCUT2D eigenvalue weighted by Gasteiger charge is 2.19. The van der Waals surface area contributed by atoms with Crippen LogP contribution in [0.25, 0.3) is 0 Å². The predicted molar refractivity (Wildman–Crippen MR) is 45.3 cm³/mol. The maximum absolute atomic E-state index is 5.52. The lowest BCUT2D eigenvalue weighted by atomic mass is 10.0. The second-order valence-electron chi connectivity index (χ2n) is 2.76. The van der Waals surface area contributed by atoms with Gasteiger partial charge >= 0.3 is 0 Å². The maximum atomic E-state index is 5.52. The van der Waals surface area contributed by atoms with E-state index in [9.17, 15) is 0 Å². The fourth-order valence-electron chi connectivity index (χ4n) is 0.573. The van der Waals surface area contributed by atoms with Gasteiger partial charge in [-0.25, -0.2) is 0 Å². The van der Waals surface area contributed by atoms with Crippen LogP contribution in [0.4, 0.5) is 0 Å². The highest BCUT2D eigenvalue weighted by molar-refractivity contribution is 4.72. The average Bonchev–Trinajstić information content (AvgIpc) is 2.05. The fourth-order valence-corrected chi connectivity index (χ4v) is 0.573. The molecule has 0 rings (SSSR count). The summed E-state index contributed by atoms with van der Waals surface area (Å²) >= 11 is 0. The van der Waals surface area contributed by atoms with Crippen LogP contribution in [-0.4, -0.2) is 25.5 Å². The van der Waals surface area contributed by atoms with Crippen molar-refractivity contribution in [1.82, 2.24) is 0 Å². The van der Waals surface area contributed by atoms with Gasteiger partial charge in [-0.1, -0.05) is 6.92 Å². The molecule has 1 atom stereocenters. The maximum Gasteiger partial charge on any atom is 0.147 e. The van der Waals surface area contributed by atoms with Gasteiger partial charge in [0.2, 0.25) is 0 Å². The standard InChI is InChI=1S/C8H19NO2/c1-4-8(3,6-9)11-7-10-5-2/h4-7,9H2,1-3H3. The Morgan fingerprint density at radius 3 is 2.36 bits per heavy atom. The molecule has 0 aliphatic heterocycles. The molecule has 0 radical (unpaired) electrons. The first-order valence-electron chi connectivity index (χ1n) is 4.10. The summed E-state index contributed by atoms with van der Waals surface area (Å²) in [5, 5.41) is 0. The van der Waals surface area contributed by atoms with Crippen molar-refractivity contribution >= 4 is 0 Å². The summed E-state index contributed by atoms with van der Waals surface area (Å²) in [7, 11) is 0. The molecule has 1 unspecified atom stereocenters. The van der Waals surface area contributed by atoms with Crippen LogP contribution >= 0.6 is 0 Å². The highest BCUT2D eigenvalue weighted by atomic mass is 16.7. The summed E-state index contributed by atoms with van der Waals surface area (Å²) in [6, 6.07) is 0. The number of rotatable bonds is 6. The van der Waals surface area contributed by atoms with Crippen LogP contribution in [0, 0.1) is 0 Å². The van der Waals surface area contributed by atoms with Gasteiger partial charge in [0.1, 0.15) is 6.79 Å².